The predicted molar refractivity (Wildman–Crippen MR) is 86.6 cm³/mol. The third kappa shape index (κ3) is 3.89. The molecule has 0 aromatic rings. The minimum Gasteiger partial charge on any atom is -0.327 e. The second-order valence-electron chi connectivity index (χ2n) is 7.05. The summed E-state index contributed by atoms with van der Waals surface area (Å²) in [5.74, 6) is 3.74. The third-order valence-corrected chi connectivity index (χ3v) is 6.85. The molecule has 3 heteroatoms. The van der Waals surface area contributed by atoms with Crippen LogP contribution in [0.1, 0.15) is 47.0 Å². The quantitative estimate of drug-likeness (QED) is 0.863. The molecule has 2 fully saturated rings. The van der Waals surface area contributed by atoms with E-state index in [9.17, 15) is 0 Å². The van der Waals surface area contributed by atoms with Gasteiger partial charge in [-0.25, -0.2) is 0 Å². The van der Waals surface area contributed by atoms with Crippen molar-refractivity contribution in [1.29, 1.82) is 0 Å². The van der Waals surface area contributed by atoms with E-state index in [4.69, 9.17) is 5.73 Å². The Bertz CT molecular complexity index is 282. The molecule has 0 bridgehead atoms. The Morgan fingerprint density at radius 1 is 1.26 bits per heavy atom. The van der Waals surface area contributed by atoms with Gasteiger partial charge in [0.25, 0.3) is 0 Å². The molecule has 0 amide bonds. The molecule has 0 aromatic carbocycles. The van der Waals surface area contributed by atoms with Crippen molar-refractivity contribution in [2.45, 2.75) is 64.3 Å². The maximum Gasteiger partial charge on any atom is 0.0184 e. The van der Waals surface area contributed by atoms with Crippen molar-refractivity contribution in [2.75, 3.05) is 18.8 Å². The van der Waals surface area contributed by atoms with Gasteiger partial charge in [-0.3, -0.25) is 4.90 Å². The molecular weight excluding hydrogens is 252 g/mol. The van der Waals surface area contributed by atoms with Crippen molar-refractivity contribution in [3.63, 3.8) is 0 Å². The summed E-state index contributed by atoms with van der Waals surface area (Å²) in [7, 11) is 0. The van der Waals surface area contributed by atoms with E-state index in [-0.39, 0.29) is 0 Å². The number of thioether (sulfide) groups is 1. The van der Waals surface area contributed by atoms with Crippen molar-refractivity contribution < 1.29 is 0 Å². The van der Waals surface area contributed by atoms with Crippen LogP contribution in [0.4, 0.5) is 0 Å². The van der Waals surface area contributed by atoms with Crippen LogP contribution in [0.25, 0.3) is 0 Å². The Morgan fingerprint density at radius 3 is 2.68 bits per heavy atom. The van der Waals surface area contributed by atoms with Crippen LogP contribution in [0, 0.1) is 17.8 Å². The number of hydrogen-bond acceptors (Lipinski definition) is 3. The molecule has 112 valence electrons. The maximum atomic E-state index is 6.41. The average Bonchev–Trinajstić information content (AvgIpc) is 2.37. The molecule has 1 heterocycles. The van der Waals surface area contributed by atoms with E-state index in [2.05, 4.69) is 44.4 Å². The highest BCUT2D eigenvalue weighted by atomic mass is 32.2. The van der Waals surface area contributed by atoms with Gasteiger partial charge in [0.15, 0.2) is 0 Å². The summed E-state index contributed by atoms with van der Waals surface area (Å²) in [5, 5.41) is 0.773. The molecule has 1 aliphatic heterocycles. The van der Waals surface area contributed by atoms with Gasteiger partial charge in [-0.1, -0.05) is 20.8 Å². The summed E-state index contributed by atoms with van der Waals surface area (Å²) in [5.41, 5.74) is 6.41. The van der Waals surface area contributed by atoms with Crippen molar-refractivity contribution in [2.24, 2.45) is 23.5 Å². The highest BCUT2D eigenvalue weighted by molar-refractivity contribution is 8.00. The lowest BCUT2D eigenvalue weighted by molar-refractivity contribution is 0.116. The van der Waals surface area contributed by atoms with Crippen LogP contribution in [0.2, 0.25) is 0 Å². The summed E-state index contributed by atoms with van der Waals surface area (Å²) < 4.78 is 0. The lowest BCUT2D eigenvalue weighted by Crippen LogP contribution is -2.50. The molecule has 5 unspecified atom stereocenters. The van der Waals surface area contributed by atoms with Crippen molar-refractivity contribution in [3.8, 4) is 0 Å². The van der Waals surface area contributed by atoms with Gasteiger partial charge in [0.1, 0.15) is 0 Å². The molecule has 19 heavy (non-hydrogen) atoms. The summed E-state index contributed by atoms with van der Waals surface area (Å²) in [6, 6.07) is 1.15. The first-order valence-electron chi connectivity index (χ1n) is 8.10. The molecular formula is C16H32N2S. The van der Waals surface area contributed by atoms with Gasteiger partial charge in [0.05, 0.1) is 0 Å². The fourth-order valence-corrected chi connectivity index (χ4v) is 4.86. The lowest BCUT2D eigenvalue weighted by atomic mass is 9.73. The van der Waals surface area contributed by atoms with Crippen molar-refractivity contribution >= 4 is 11.8 Å². The van der Waals surface area contributed by atoms with Gasteiger partial charge in [0, 0.05) is 36.2 Å². The Balaban J connectivity index is 1.92. The van der Waals surface area contributed by atoms with Crippen LogP contribution in [-0.2, 0) is 0 Å². The summed E-state index contributed by atoms with van der Waals surface area (Å²) >= 11 is 2.13. The highest BCUT2D eigenvalue weighted by Gasteiger charge is 2.33. The van der Waals surface area contributed by atoms with Crippen LogP contribution in [0.15, 0.2) is 0 Å². The van der Waals surface area contributed by atoms with Gasteiger partial charge in [-0.15, -0.1) is 0 Å². The molecule has 1 aliphatic carbocycles. The summed E-state index contributed by atoms with van der Waals surface area (Å²) in [6.07, 6.45) is 3.93. The topological polar surface area (TPSA) is 29.3 Å². The molecule has 1 saturated carbocycles. The van der Waals surface area contributed by atoms with E-state index in [1.807, 2.05) is 0 Å². The first-order chi connectivity index (χ1) is 8.99. The second kappa shape index (κ2) is 6.82. The second-order valence-corrected chi connectivity index (χ2v) is 8.54. The zero-order chi connectivity index (χ0) is 14.0. The zero-order valence-corrected chi connectivity index (χ0v) is 14.0. The fraction of sp³-hybridized carbons (Fsp3) is 1.00. The van der Waals surface area contributed by atoms with E-state index < -0.39 is 0 Å². The van der Waals surface area contributed by atoms with Gasteiger partial charge in [-0.2, -0.15) is 11.8 Å². The summed E-state index contributed by atoms with van der Waals surface area (Å²) in [6.45, 7) is 12.0. The van der Waals surface area contributed by atoms with Crippen LogP contribution >= 0.6 is 11.8 Å². The smallest absolute Gasteiger partial charge is 0.0184 e. The molecule has 2 nitrogen and oxygen atoms in total. The number of nitrogens with zero attached hydrogens (tertiary/aromatic N) is 1. The number of rotatable bonds is 3. The largest absolute Gasteiger partial charge is 0.327 e. The molecule has 5 atom stereocenters. The lowest BCUT2D eigenvalue weighted by Gasteiger charge is -2.43. The standard InChI is InChI=1S/C16H32N2S/c1-11(2)14-5-6-16(17)15(9-14)10-18-7-8-19-13(4)12(18)3/h11-16H,5-10,17H2,1-4H3. The highest BCUT2D eigenvalue weighted by Crippen LogP contribution is 2.35. The van der Waals surface area contributed by atoms with Crippen LogP contribution < -0.4 is 5.73 Å². The molecule has 0 spiro atoms. The number of hydrogen-bond donors (Lipinski definition) is 1. The Kier molecular flexibility index (Phi) is 5.62. The summed E-state index contributed by atoms with van der Waals surface area (Å²) in [4.78, 5) is 2.70. The van der Waals surface area contributed by atoms with E-state index in [1.165, 1.54) is 38.1 Å². The monoisotopic (exact) mass is 284 g/mol. The average molecular weight is 285 g/mol. The Labute approximate surface area is 123 Å². The van der Waals surface area contributed by atoms with Gasteiger partial charge in [-0.05, 0) is 43.9 Å². The normalized spacial score (nSPS) is 41.7. The van der Waals surface area contributed by atoms with Crippen LogP contribution in [-0.4, -0.2) is 41.1 Å². The molecule has 0 radical (unpaired) electrons. The van der Waals surface area contributed by atoms with Gasteiger partial charge >= 0.3 is 0 Å². The first kappa shape index (κ1) is 15.7. The van der Waals surface area contributed by atoms with E-state index in [0.29, 0.717) is 12.1 Å². The number of nitrogens with two attached hydrogens (primary N) is 1. The van der Waals surface area contributed by atoms with E-state index in [0.717, 1.165) is 23.0 Å². The first-order valence-corrected chi connectivity index (χ1v) is 9.15. The van der Waals surface area contributed by atoms with Gasteiger partial charge in [0.2, 0.25) is 0 Å². The van der Waals surface area contributed by atoms with E-state index in [1.54, 1.807) is 0 Å². The Morgan fingerprint density at radius 2 is 2.00 bits per heavy atom. The minimum absolute atomic E-state index is 0.437. The van der Waals surface area contributed by atoms with Crippen molar-refractivity contribution in [3.05, 3.63) is 0 Å². The van der Waals surface area contributed by atoms with E-state index >= 15 is 0 Å². The Hall–Kier alpha value is 0.270. The predicted octanol–water partition coefficient (Wildman–Crippen LogP) is 3.21. The van der Waals surface area contributed by atoms with Crippen molar-refractivity contribution in [1.82, 2.24) is 4.90 Å². The SMILES string of the molecule is CC(C)C1CCC(N)C(CN2CCSC(C)C2C)C1. The molecule has 1 saturated heterocycles. The molecule has 2 N–H and O–H groups in total. The molecule has 2 rings (SSSR count). The van der Waals surface area contributed by atoms with Crippen LogP contribution in [0.5, 0.6) is 0 Å². The maximum absolute atomic E-state index is 6.41. The molecule has 2 aliphatic rings. The fourth-order valence-electron chi connectivity index (χ4n) is 3.69. The molecule has 0 aromatic heterocycles. The minimum atomic E-state index is 0.437. The van der Waals surface area contributed by atoms with Gasteiger partial charge < -0.3 is 5.73 Å². The zero-order valence-electron chi connectivity index (χ0n) is 13.1. The van der Waals surface area contributed by atoms with Crippen LogP contribution in [0.3, 0.4) is 0 Å². The third-order valence-electron chi connectivity index (χ3n) is 5.51.